The number of carboxylic acid groups (broad SMARTS) is 1. The fraction of sp³-hybridized carbons (Fsp3) is 0.833. The third kappa shape index (κ3) is 4.18. The van der Waals surface area contributed by atoms with Gasteiger partial charge in [0, 0.05) is 12.6 Å². The van der Waals surface area contributed by atoms with E-state index in [9.17, 15) is 14.7 Å². The maximum atomic E-state index is 11.9. The van der Waals surface area contributed by atoms with E-state index in [0.717, 1.165) is 25.7 Å². The third-order valence-electron chi connectivity index (χ3n) is 3.05. The van der Waals surface area contributed by atoms with Crippen molar-refractivity contribution in [1.82, 2.24) is 10.2 Å². The van der Waals surface area contributed by atoms with Gasteiger partial charge in [-0.05, 0) is 26.2 Å². The number of carbonyl (C=O) groups excluding carboxylic acids is 1. The zero-order chi connectivity index (χ0) is 13.8. The second-order valence-corrected chi connectivity index (χ2v) is 5.02. The molecule has 1 rings (SSSR count). The molecule has 1 fully saturated rings. The monoisotopic (exact) mass is 258 g/mol. The van der Waals surface area contributed by atoms with Gasteiger partial charge in [-0.2, -0.15) is 0 Å². The fourth-order valence-corrected chi connectivity index (χ4v) is 1.59. The highest BCUT2D eigenvalue weighted by atomic mass is 16.4. The molecule has 0 aromatic carbocycles. The van der Waals surface area contributed by atoms with E-state index in [-0.39, 0.29) is 18.6 Å². The second-order valence-electron chi connectivity index (χ2n) is 5.02. The topological polar surface area (TPSA) is 89.9 Å². The van der Waals surface area contributed by atoms with Crippen molar-refractivity contribution in [3.05, 3.63) is 0 Å². The van der Waals surface area contributed by atoms with Gasteiger partial charge in [0.2, 0.25) is 0 Å². The summed E-state index contributed by atoms with van der Waals surface area (Å²) in [7, 11) is 0. The van der Waals surface area contributed by atoms with Crippen LogP contribution in [-0.4, -0.2) is 51.8 Å². The molecule has 1 unspecified atom stereocenters. The van der Waals surface area contributed by atoms with Crippen LogP contribution in [0.2, 0.25) is 0 Å². The Labute approximate surface area is 107 Å². The summed E-state index contributed by atoms with van der Waals surface area (Å²) < 4.78 is 0. The van der Waals surface area contributed by atoms with Crippen molar-refractivity contribution in [1.29, 1.82) is 0 Å². The van der Waals surface area contributed by atoms with E-state index in [2.05, 4.69) is 12.2 Å². The Kier molecular flexibility index (Phi) is 4.95. The predicted molar refractivity (Wildman–Crippen MR) is 66.3 cm³/mol. The molecule has 1 atom stereocenters. The van der Waals surface area contributed by atoms with E-state index < -0.39 is 11.6 Å². The van der Waals surface area contributed by atoms with Crippen molar-refractivity contribution in [2.45, 2.75) is 51.2 Å². The number of hydrogen-bond donors (Lipinski definition) is 3. The molecule has 0 radical (unpaired) electrons. The summed E-state index contributed by atoms with van der Waals surface area (Å²) in [6.45, 7) is 3.63. The van der Waals surface area contributed by atoms with E-state index in [4.69, 9.17) is 5.11 Å². The Morgan fingerprint density at radius 3 is 2.50 bits per heavy atom. The number of amides is 2. The van der Waals surface area contributed by atoms with Crippen LogP contribution in [0.1, 0.15) is 39.5 Å². The zero-order valence-corrected chi connectivity index (χ0v) is 11.0. The average Bonchev–Trinajstić information content (AvgIpc) is 3.11. The minimum absolute atomic E-state index is 0.281. The highest BCUT2D eigenvalue weighted by molar-refractivity contribution is 5.79. The summed E-state index contributed by atoms with van der Waals surface area (Å²) >= 11 is 0. The Bertz CT molecular complexity index is 313. The number of unbranched alkanes of at least 4 members (excludes halogenated alkanes) is 1. The van der Waals surface area contributed by atoms with E-state index in [1.807, 2.05) is 0 Å². The van der Waals surface area contributed by atoms with E-state index >= 15 is 0 Å². The molecule has 3 N–H and O–H groups in total. The molecule has 104 valence electrons. The van der Waals surface area contributed by atoms with Gasteiger partial charge < -0.3 is 20.4 Å². The van der Waals surface area contributed by atoms with Gasteiger partial charge in [0.05, 0.1) is 6.54 Å². The summed E-state index contributed by atoms with van der Waals surface area (Å²) in [5.74, 6) is -1.34. The highest BCUT2D eigenvalue weighted by Gasteiger charge is 2.34. The third-order valence-corrected chi connectivity index (χ3v) is 3.05. The highest BCUT2D eigenvalue weighted by Crippen LogP contribution is 2.27. The van der Waals surface area contributed by atoms with Gasteiger partial charge in [0.15, 0.2) is 5.60 Å². The van der Waals surface area contributed by atoms with Crippen molar-refractivity contribution >= 4 is 12.0 Å². The minimum atomic E-state index is -1.92. The van der Waals surface area contributed by atoms with Crippen molar-refractivity contribution in [3.63, 3.8) is 0 Å². The van der Waals surface area contributed by atoms with Crippen molar-refractivity contribution < 1.29 is 19.8 Å². The number of nitrogens with zero attached hydrogens (tertiary/aromatic N) is 1. The van der Waals surface area contributed by atoms with Gasteiger partial charge in [-0.3, -0.25) is 0 Å². The first kappa shape index (κ1) is 14.8. The van der Waals surface area contributed by atoms with Gasteiger partial charge in [-0.25, -0.2) is 9.59 Å². The van der Waals surface area contributed by atoms with E-state index in [1.54, 1.807) is 4.90 Å². The van der Waals surface area contributed by atoms with Gasteiger partial charge >= 0.3 is 12.0 Å². The van der Waals surface area contributed by atoms with Crippen LogP contribution >= 0.6 is 0 Å². The molecular weight excluding hydrogens is 236 g/mol. The zero-order valence-electron chi connectivity index (χ0n) is 11.0. The van der Waals surface area contributed by atoms with Gasteiger partial charge in [0.1, 0.15) is 0 Å². The number of rotatable bonds is 7. The maximum absolute atomic E-state index is 11.9. The molecule has 0 aromatic rings. The molecule has 0 bridgehead atoms. The molecule has 2 amide bonds. The molecule has 18 heavy (non-hydrogen) atoms. The average molecular weight is 258 g/mol. The lowest BCUT2D eigenvalue weighted by Gasteiger charge is -2.25. The van der Waals surface area contributed by atoms with Gasteiger partial charge in [0.25, 0.3) is 0 Å². The smallest absolute Gasteiger partial charge is 0.337 e. The number of urea groups is 1. The SMILES string of the molecule is CCCCN(C(=O)NCC(C)(O)C(=O)O)C1CC1. The summed E-state index contributed by atoms with van der Waals surface area (Å²) in [4.78, 5) is 24.4. The number of aliphatic hydroxyl groups is 1. The van der Waals surface area contributed by atoms with Crippen LogP contribution in [0.25, 0.3) is 0 Å². The van der Waals surface area contributed by atoms with E-state index in [1.165, 1.54) is 6.92 Å². The molecule has 0 heterocycles. The molecule has 6 heteroatoms. The standard InChI is InChI=1S/C12H22N2O4/c1-3-4-7-14(9-5-6-9)11(17)13-8-12(2,18)10(15)16/h9,18H,3-8H2,1-2H3,(H,13,17)(H,15,16). The summed E-state index contributed by atoms with van der Waals surface area (Å²) in [6, 6.07) is -0.00111. The molecule has 1 saturated carbocycles. The van der Waals surface area contributed by atoms with E-state index in [0.29, 0.717) is 6.54 Å². The summed E-state index contributed by atoms with van der Waals surface area (Å²) in [5.41, 5.74) is -1.92. The van der Waals surface area contributed by atoms with Crippen LogP contribution in [0.4, 0.5) is 4.79 Å². The first-order chi connectivity index (χ1) is 8.38. The molecule has 0 spiro atoms. The van der Waals surface area contributed by atoms with Gasteiger partial charge in [-0.1, -0.05) is 13.3 Å². The molecule has 0 aliphatic heterocycles. The Morgan fingerprint density at radius 1 is 1.44 bits per heavy atom. The maximum Gasteiger partial charge on any atom is 0.337 e. The number of hydrogen-bond acceptors (Lipinski definition) is 3. The first-order valence-electron chi connectivity index (χ1n) is 6.38. The largest absolute Gasteiger partial charge is 0.479 e. The second kappa shape index (κ2) is 6.04. The molecule has 6 nitrogen and oxygen atoms in total. The Morgan fingerprint density at radius 2 is 2.06 bits per heavy atom. The Hall–Kier alpha value is -1.30. The lowest BCUT2D eigenvalue weighted by molar-refractivity contribution is -0.155. The minimum Gasteiger partial charge on any atom is -0.479 e. The van der Waals surface area contributed by atoms with Crippen LogP contribution < -0.4 is 5.32 Å². The molecule has 1 aliphatic rings. The molecule has 1 aliphatic carbocycles. The number of carboxylic acids is 1. The number of aliphatic carboxylic acids is 1. The lowest BCUT2D eigenvalue weighted by atomic mass is 10.1. The molecular formula is C12H22N2O4. The molecule has 0 aromatic heterocycles. The Balaban J connectivity index is 2.44. The van der Waals surface area contributed by atoms with Crippen LogP contribution in [-0.2, 0) is 4.79 Å². The predicted octanol–water partition coefficient (Wildman–Crippen LogP) is 0.796. The first-order valence-corrected chi connectivity index (χ1v) is 6.38. The van der Waals surface area contributed by atoms with Crippen molar-refractivity contribution in [2.75, 3.05) is 13.1 Å². The number of carbonyl (C=O) groups is 2. The van der Waals surface area contributed by atoms with Crippen LogP contribution in [0.3, 0.4) is 0 Å². The van der Waals surface area contributed by atoms with Crippen LogP contribution in [0, 0.1) is 0 Å². The van der Waals surface area contributed by atoms with Crippen molar-refractivity contribution in [2.24, 2.45) is 0 Å². The van der Waals surface area contributed by atoms with Gasteiger partial charge in [-0.15, -0.1) is 0 Å². The fourth-order valence-electron chi connectivity index (χ4n) is 1.59. The van der Waals surface area contributed by atoms with Crippen molar-refractivity contribution in [3.8, 4) is 0 Å². The lowest BCUT2D eigenvalue weighted by Crippen LogP contribution is -2.50. The number of nitrogens with one attached hydrogen (secondary N) is 1. The quantitative estimate of drug-likeness (QED) is 0.630. The summed E-state index contributed by atoms with van der Waals surface area (Å²) in [6.07, 6.45) is 3.95. The summed E-state index contributed by atoms with van der Waals surface area (Å²) in [5, 5.41) is 20.8. The normalized spacial score (nSPS) is 17.9. The van der Waals surface area contributed by atoms with Crippen LogP contribution in [0.5, 0.6) is 0 Å². The van der Waals surface area contributed by atoms with Crippen LogP contribution in [0.15, 0.2) is 0 Å². The molecule has 0 saturated heterocycles.